The van der Waals surface area contributed by atoms with Crippen molar-refractivity contribution in [2.45, 2.75) is 26.5 Å². The van der Waals surface area contributed by atoms with Crippen molar-refractivity contribution in [3.05, 3.63) is 83.9 Å². The van der Waals surface area contributed by atoms with E-state index in [9.17, 15) is 14.0 Å². The number of carbonyl (C=O) groups is 2. The summed E-state index contributed by atoms with van der Waals surface area (Å²) < 4.78 is 22.2. The Morgan fingerprint density at radius 1 is 1.16 bits per heavy atom. The predicted molar refractivity (Wildman–Crippen MR) is 119 cm³/mol. The van der Waals surface area contributed by atoms with Crippen molar-refractivity contribution >= 4 is 17.7 Å². The number of anilines is 1. The summed E-state index contributed by atoms with van der Waals surface area (Å²) in [4.78, 5) is 24.6. The summed E-state index contributed by atoms with van der Waals surface area (Å²) in [5.41, 5.74) is 4.05. The normalized spacial score (nSPS) is 15.5. The molecule has 1 aliphatic rings. The number of nitrogens with zero attached hydrogens (tertiary/aromatic N) is 2. The zero-order valence-electron chi connectivity index (χ0n) is 18.0. The highest BCUT2D eigenvalue weighted by Crippen LogP contribution is 2.28. The van der Waals surface area contributed by atoms with Gasteiger partial charge in [0, 0.05) is 30.2 Å². The first-order valence-electron chi connectivity index (χ1n) is 10.5. The van der Waals surface area contributed by atoms with Crippen LogP contribution in [0.2, 0.25) is 0 Å². The van der Waals surface area contributed by atoms with Crippen LogP contribution in [-0.2, 0) is 16.1 Å². The van der Waals surface area contributed by atoms with Gasteiger partial charge in [-0.1, -0.05) is 29.8 Å². The average molecular weight is 434 g/mol. The zero-order chi connectivity index (χ0) is 22.7. The average Bonchev–Trinajstić information content (AvgIpc) is 3.15. The molecule has 0 saturated carbocycles. The highest BCUT2D eigenvalue weighted by Gasteiger charge is 2.32. The summed E-state index contributed by atoms with van der Waals surface area (Å²) in [6.07, 6.45) is 2.83. The monoisotopic (exact) mass is 434 g/mol. The molecule has 4 rings (SSSR count). The molecule has 1 atom stereocenters. The van der Waals surface area contributed by atoms with Crippen molar-refractivity contribution in [2.24, 2.45) is 0 Å². The third-order valence-electron chi connectivity index (χ3n) is 5.40. The molecule has 0 spiro atoms. The van der Waals surface area contributed by atoms with Crippen molar-refractivity contribution in [1.29, 1.82) is 0 Å². The number of ether oxygens (including phenoxy) is 1. The van der Waals surface area contributed by atoms with Gasteiger partial charge in [0.15, 0.2) is 18.9 Å². The van der Waals surface area contributed by atoms with Crippen LogP contribution in [-0.4, -0.2) is 31.2 Å². The summed E-state index contributed by atoms with van der Waals surface area (Å²) in [5.74, 6) is -0.616. The fraction of sp³-hybridized carbons (Fsp3) is 0.240. The van der Waals surface area contributed by atoms with Gasteiger partial charge in [-0.25, -0.2) is 13.8 Å². The lowest BCUT2D eigenvalue weighted by Gasteiger charge is -2.14. The van der Waals surface area contributed by atoms with Gasteiger partial charge in [0.05, 0.1) is 18.8 Å². The third-order valence-corrected chi connectivity index (χ3v) is 5.40. The molecular weight excluding hydrogens is 409 g/mol. The molecule has 3 aromatic rings. The number of aromatic nitrogens is 1. The molecule has 6 nitrogen and oxygen atoms in total. The molecule has 2 amide bonds. The molecule has 7 heteroatoms. The number of rotatable bonds is 6. The minimum absolute atomic E-state index is 0.196. The van der Waals surface area contributed by atoms with Crippen LogP contribution in [0.1, 0.15) is 18.1 Å². The van der Waals surface area contributed by atoms with Gasteiger partial charge in [0.25, 0.3) is 0 Å². The molecule has 2 aromatic carbocycles. The maximum absolute atomic E-state index is 14.9. The van der Waals surface area contributed by atoms with Crippen molar-refractivity contribution in [3.8, 4) is 11.1 Å². The van der Waals surface area contributed by atoms with Gasteiger partial charge in [-0.2, -0.15) is 0 Å². The van der Waals surface area contributed by atoms with Crippen molar-refractivity contribution in [2.75, 3.05) is 18.0 Å². The number of amides is 2. The van der Waals surface area contributed by atoms with E-state index in [1.807, 2.05) is 29.1 Å². The lowest BCUT2D eigenvalue weighted by atomic mass is 10.1. The number of nitrogens with one attached hydrogen (secondary N) is 1. The van der Waals surface area contributed by atoms with Crippen molar-refractivity contribution < 1.29 is 23.3 Å². The largest absolute Gasteiger partial charge is 0.442 e. The van der Waals surface area contributed by atoms with Gasteiger partial charge in [-0.3, -0.25) is 9.69 Å². The summed E-state index contributed by atoms with van der Waals surface area (Å²) in [5, 5.41) is 2.63. The lowest BCUT2D eigenvalue weighted by molar-refractivity contribution is -0.688. The van der Waals surface area contributed by atoms with Crippen LogP contribution >= 0.6 is 0 Å². The summed E-state index contributed by atoms with van der Waals surface area (Å²) >= 11 is 0. The molecule has 32 heavy (non-hydrogen) atoms. The maximum atomic E-state index is 14.9. The van der Waals surface area contributed by atoms with Gasteiger partial charge in [0.2, 0.25) is 5.91 Å². The van der Waals surface area contributed by atoms with Gasteiger partial charge in [0.1, 0.15) is 11.9 Å². The van der Waals surface area contributed by atoms with E-state index in [0.717, 1.165) is 12.1 Å². The number of aryl methyl sites for hydroxylation is 1. The first kappa shape index (κ1) is 21.5. The zero-order valence-corrected chi connectivity index (χ0v) is 18.0. The Labute approximate surface area is 186 Å². The highest BCUT2D eigenvalue weighted by atomic mass is 19.1. The first-order valence-corrected chi connectivity index (χ1v) is 10.5. The van der Waals surface area contributed by atoms with Gasteiger partial charge < -0.3 is 10.1 Å². The van der Waals surface area contributed by atoms with E-state index in [1.54, 1.807) is 12.1 Å². The number of halogens is 1. The van der Waals surface area contributed by atoms with Crippen LogP contribution in [0.5, 0.6) is 0 Å². The molecular formula is C25H25FN3O3+. The molecule has 0 aliphatic carbocycles. The van der Waals surface area contributed by atoms with E-state index in [1.165, 1.54) is 29.0 Å². The van der Waals surface area contributed by atoms with Gasteiger partial charge >= 0.3 is 6.09 Å². The van der Waals surface area contributed by atoms with Crippen molar-refractivity contribution in [1.82, 2.24) is 5.32 Å². The van der Waals surface area contributed by atoms with E-state index in [0.29, 0.717) is 11.3 Å². The quantitative estimate of drug-likeness (QED) is 0.603. The Hall–Kier alpha value is -3.74. The van der Waals surface area contributed by atoms with Crippen molar-refractivity contribution in [3.63, 3.8) is 0 Å². The minimum atomic E-state index is -0.552. The van der Waals surface area contributed by atoms with Gasteiger partial charge in [-0.05, 0) is 30.7 Å². The van der Waals surface area contributed by atoms with Crippen LogP contribution in [0, 0.1) is 12.7 Å². The first-order chi connectivity index (χ1) is 15.4. The second-order valence-electron chi connectivity index (χ2n) is 7.96. The second kappa shape index (κ2) is 9.18. The maximum Gasteiger partial charge on any atom is 0.414 e. The van der Waals surface area contributed by atoms with Crippen LogP contribution in [0.4, 0.5) is 14.9 Å². The molecule has 164 valence electrons. The molecule has 1 N–H and O–H groups in total. The molecule has 1 aliphatic heterocycles. The summed E-state index contributed by atoms with van der Waals surface area (Å²) in [6, 6.07) is 16.8. The van der Waals surface area contributed by atoms with E-state index < -0.39 is 18.0 Å². The number of hydrogen-bond donors (Lipinski definition) is 1. The summed E-state index contributed by atoms with van der Waals surface area (Å²) in [7, 11) is 0. The molecule has 0 radical (unpaired) electrons. The SMILES string of the molecule is CC(=O)NC[C@H]1CN(c2ccc(-c3cc[n+](Cc4ccc(C)cc4)cc3)c(F)c2)C(=O)O1. The Bertz CT molecular complexity index is 1130. The van der Waals surface area contributed by atoms with Crippen LogP contribution in [0.3, 0.4) is 0 Å². The molecule has 1 aromatic heterocycles. The van der Waals surface area contributed by atoms with Crippen LogP contribution in [0.15, 0.2) is 67.0 Å². The molecule has 0 unspecified atom stereocenters. The Balaban J connectivity index is 1.45. The second-order valence-corrected chi connectivity index (χ2v) is 7.96. The minimum Gasteiger partial charge on any atom is -0.442 e. The molecule has 2 heterocycles. The lowest BCUT2D eigenvalue weighted by Crippen LogP contribution is -2.33. The molecule has 1 saturated heterocycles. The number of cyclic esters (lactones) is 1. The van der Waals surface area contributed by atoms with E-state index in [2.05, 4.69) is 36.5 Å². The van der Waals surface area contributed by atoms with E-state index in [4.69, 9.17) is 4.74 Å². The fourth-order valence-corrected chi connectivity index (χ4v) is 3.65. The third kappa shape index (κ3) is 4.94. The van der Waals surface area contributed by atoms with E-state index in [-0.39, 0.29) is 19.0 Å². The topological polar surface area (TPSA) is 62.5 Å². The van der Waals surface area contributed by atoms with Gasteiger partial charge in [-0.15, -0.1) is 0 Å². The number of pyridine rings is 1. The van der Waals surface area contributed by atoms with Crippen LogP contribution < -0.4 is 14.8 Å². The standard InChI is InChI=1S/C25H24FN3O3/c1-17-3-5-19(6-4-17)15-28-11-9-20(10-12-28)23-8-7-21(13-24(23)26)29-16-22(32-25(29)31)14-27-18(2)30/h3-13,22H,14-16H2,1-2H3/p+1/t22-/m0/s1. The molecule has 0 bridgehead atoms. The molecule has 1 fully saturated rings. The number of hydrogen-bond acceptors (Lipinski definition) is 3. The Kier molecular flexibility index (Phi) is 6.16. The Morgan fingerprint density at radius 3 is 2.53 bits per heavy atom. The predicted octanol–water partition coefficient (Wildman–Crippen LogP) is 3.60. The highest BCUT2D eigenvalue weighted by molar-refractivity contribution is 5.90. The Morgan fingerprint density at radius 2 is 1.88 bits per heavy atom. The number of carbonyl (C=O) groups excluding carboxylic acids is 2. The number of benzene rings is 2. The smallest absolute Gasteiger partial charge is 0.414 e. The fourth-order valence-electron chi connectivity index (χ4n) is 3.65. The van der Waals surface area contributed by atoms with Crippen LogP contribution in [0.25, 0.3) is 11.1 Å². The summed E-state index contributed by atoms with van der Waals surface area (Å²) in [6.45, 7) is 4.67. The van der Waals surface area contributed by atoms with E-state index >= 15 is 0 Å².